The Bertz CT molecular complexity index is 969. The van der Waals surface area contributed by atoms with Crippen LogP contribution in [0.25, 0.3) is 16.6 Å². The number of likely N-dealkylation sites (N-methyl/N-ethyl adjacent to an activating group) is 2. The molecule has 160 valence electrons. The van der Waals surface area contributed by atoms with Gasteiger partial charge in [0.25, 0.3) is 0 Å². The van der Waals surface area contributed by atoms with E-state index in [4.69, 9.17) is 5.73 Å². The molecule has 0 saturated carbocycles. The van der Waals surface area contributed by atoms with Gasteiger partial charge in [-0.2, -0.15) is 0 Å². The van der Waals surface area contributed by atoms with Gasteiger partial charge in [0.05, 0.1) is 0 Å². The van der Waals surface area contributed by atoms with Crippen LogP contribution in [0.2, 0.25) is 0 Å². The van der Waals surface area contributed by atoms with Gasteiger partial charge in [-0.3, -0.25) is 0 Å². The molecule has 4 nitrogen and oxygen atoms in total. The lowest BCUT2D eigenvalue weighted by Crippen LogP contribution is -2.34. The van der Waals surface area contributed by atoms with Crippen LogP contribution in [0.15, 0.2) is 55.1 Å². The van der Waals surface area contributed by atoms with Gasteiger partial charge in [0.2, 0.25) is 0 Å². The predicted molar refractivity (Wildman–Crippen MR) is 130 cm³/mol. The number of para-hydroxylation sites is 1. The molecule has 3 N–H and O–H groups in total. The molecule has 1 aromatic heterocycles. The second kappa shape index (κ2) is 10.5. The number of aromatic nitrogens is 1. The van der Waals surface area contributed by atoms with Gasteiger partial charge in [-0.15, -0.1) is 0 Å². The molecule has 2 aromatic carbocycles. The van der Waals surface area contributed by atoms with Crippen molar-refractivity contribution in [3.63, 3.8) is 0 Å². The first-order valence-electron chi connectivity index (χ1n) is 11.1. The highest BCUT2D eigenvalue weighted by atomic mass is 15.2. The topological polar surface area (TPSA) is 46.2 Å². The molecule has 1 heterocycles. The molecular formula is C26H36N4. The summed E-state index contributed by atoms with van der Waals surface area (Å²) in [7, 11) is 0. The molecule has 0 radical (unpaired) electrons. The van der Waals surface area contributed by atoms with E-state index in [1.54, 1.807) is 0 Å². The zero-order chi connectivity index (χ0) is 21.5. The van der Waals surface area contributed by atoms with Crippen molar-refractivity contribution in [1.29, 1.82) is 0 Å². The highest BCUT2D eigenvalue weighted by Gasteiger charge is 2.15. The standard InChI is InChI=1S/C26H36N4/c1-5-28-15-16-29(6-2)17-18-30-21(4)25(24-9-7-8-10-26(24)30)19-22-11-13-23(14-12-22)20(3)27/h7-14,28H,3,5-6,15-19,27H2,1-2,4H3. The highest BCUT2D eigenvalue weighted by Crippen LogP contribution is 2.28. The number of rotatable bonds is 11. The molecule has 0 atom stereocenters. The Morgan fingerprint density at radius 2 is 1.80 bits per heavy atom. The average molecular weight is 405 g/mol. The number of nitrogens with zero attached hydrogens (tertiary/aromatic N) is 2. The Labute approximate surface area is 181 Å². The largest absolute Gasteiger partial charge is 0.399 e. The Morgan fingerprint density at radius 1 is 1.07 bits per heavy atom. The van der Waals surface area contributed by atoms with Crippen LogP contribution in [0, 0.1) is 6.92 Å². The van der Waals surface area contributed by atoms with E-state index in [9.17, 15) is 0 Å². The lowest BCUT2D eigenvalue weighted by Gasteiger charge is -2.21. The fraction of sp³-hybridized carbons (Fsp3) is 0.385. The van der Waals surface area contributed by atoms with Crippen molar-refractivity contribution < 1.29 is 0 Å². The lowest BCUT2D eigenvalue weighted by molar-refractivity contribution is 0.277. The van der Waals surface area contributed by atoms with Crippen LogP contribution in [-0.2, 0) is 13.0 Å². The normalized spacial score (nSPS) is 11.5. The Hall–Kier alpha value is -2.56. The molecule has 0 unspecified atom stereocenters. The molecule has 4 heteroatoms. The van der Waals surface area contributed by atoms with Crippen LogP contribution in [0.3, 0.4) is 0 Å². The fourth-order valence-electron chi connectivity index (χ4n) is 4.14. The Balaban J connectivity index is 1.82. The van der Waals surface area contributed by atoms with Crippen LogP contribution in [0.4, 0.5) is 0 Å². The van der Waals surface area contributed by atoms with Gasteiger partial charge in [0.15, 0.2) is 0 Å². The second-order valence-corrected chi connectivity index (χ2v) is 7.92. The first-order chi connectivity index (χ1) is 14.5. The zero-order valence-corrected chi connectivity index (χ0v) is 18.7. The van der Waals surface area contributed by atoms with E-state index in [2.05, 4.69) is 90.7 Å². The Kier molecular flexibility index (Phi) is 7.72. The van der Waals surface area contributed by atoms with E-state index in [0.717, 1.165) is 51.3 Å². The molecule has 3 aromatic rings. The SMILES string of the molecule is C=C(N)c1ccc(Cc2c(C)n(CCN(CC)CCNCC)c3ccccc23)cc1. The van der Waals surface area contributed by atoms with Gasteiger partial charge >= 0.3 is 0 Å². The van der Waals surface area contributed by atoms with Crippen LogP contribution in [-0.4, -0.2) is 42.2 Å². The first-order valence-corrected chi connectivity index (χ1v) is 11.1. The summed E-state index contributed by atoms with van der Waals surface area (Å²) in [5, 5.41) is 4.79. The minimum absolute atomic E-state index is 0.615. The smallest absolute Gasteiger partial charge is 0.0485 e. The van der Waals surface area contributed by atoms with Gasteiger partial charge in [-0.05, 0) is 49.2 Å². The molecule has 0 fully saturated rings. The van der Waals surface area contributed by atoms with Crippen molar-refractivity contribution in [2.45, 2.75) is 33.7 Å². The summed E-state index contributed by atoms with van der Waals surface area (Å²) in [6.07, 6.45) is 0.925. The molecule has 0 saturated heterocycles. The summed E-state index contributed by atoms with van der Waals surface area (Å²) in [5.74, 6) is 0. The maximum absolute atomic E-state index is 5.82. The van der Waals surface area contributed by atoms with Crippen molar-refractivity contribution >= 4 is 16.6 Å². The maximum atomic E-state index is 5.82. The van der Waals surface area contributed by atoms with Crippen molar-refractivity contribution in [2.75, 3.05) is 32.7 Å². The molecule has 30 heavy (non-hydrogen) atoms. The van der Waals surface area contributed by atoms with Crippen LogP contribution < -0.4 is 11.1 Å². The average Bonchev–Trinajstić information content (AvgIpc) is 3.02. The van der Waals surface area contributed by atoms with Crippen molar-refractivity contribution in [3.05, 3.63) is 77.5 Å². The van der Waals surface area contributed by atoms with Gasteiger partial charge in [0.1, 0.15) is 0 Å². The van der Waals surface area contributed by atoms with E-state index in [-0.39, 0.29) is 0 Å². The summed E-state index contributed by atoms with van der Waals surface area (Å²) in [6, 6.07) is 17.3. The van der Waals surface area contributed by atoms with Gasteiger partial charge in [-0.25, -0.2) is 0 Å². The van der Waals surface area contributed by atoms with Crippen molar-refractivity contribution in [1.82, 2.24) is 14.8 Å². The van der Waals surface area contributed by atoms with Gasteiger partial charge < -0.3 is 20.5 Å². The molecule has 0 spiro atoms. The van der Waals surface area contributed by atoms with Crippen LogP contribution >= 0.6 is 0 Å². The van der Waals surface area contributed by atoms with E-state index < -0.39 is 0 Å². The first kappa shape index (κ1) is 22.1. The molecule has 0 aliphatic carbocycles. The summed E-state index contributed by atoms with van der Waals surface area (Å²) in [6.45, 7) is 16.8. The minimum Gasteiger partial charge on any atom is -0.399 e. The van der Waals surface area contributed by atoms with E-state index >= 15 is 0 Å². The third-order valence-electron chi connectivity index (χ3n) is 6.01. The molecule has 0 aliphatic heterocycles. The lowest BCUT2D eigenvalue weighted by atomic mass is 10.0. The molecule has 0 aliphatic rings. The van der Waals surface area contributed by atoms with Crippen molar-refractivity contribution in [3.8, 4) is 0 Å². The summed E-state index contributed by atoms with van der Waals surface area (Å²) in [5.41, 5.74) is 12.8. The van der Waals surface area contributed by atoms with Gasteiger partial charge in [-0.1, -0.05) is 62.9 Å². The number of benzene rings is 2. The third kappa shape index (κ3) is 5.13. The predicted octanol–water partition coefficient (Wildman–Crippen LogP) is 4.40. The number of fused-ring (bicyclic) bond motifs is 1. The third-order valence-corrected chi connectivity index (χ3v) is 6.01. The summed E-state index contributed by atoms with van der Waals surface area (Å²) >= 11 is 0. The van der Waals surface area contributed by atoms with Crippen LogP contribution in [0.1, 0.15) is 36.2 Å². The van der Waals surface area contributed by atoms with E-state index in [1.807, 2.05) is 0 Å². The molecule has 0 amide bonds. The van der Waals surface area contributed by atoms with E-state index in [0.29, 0.717) is 5.70 Å². The van der Waals surface area contributed by atoms with Gasteiger partial charge in [0, 0.05) is 48.5 Å². The molecule has 3 rings (SSSR count). The van der Waals surface area contributed by atoms with Crippen molar-refractivity contribution in [2.24, 2.45) is 5.73 Å². The Morgan fingerprint density at radius 3 is 2.47 bits per heavy atom. The van der Waals surface area contributed by atoms with Crippen LogP contribution in [0.5, 0.6) is 0 Å². The highest BCUT2D eigenvalue weighted by molar-refractivity contribution is 5.86. The molecule has 0 bridgehead atoms. The number of nitrogens with one attached hydrogen (secondary N) is 1. The quantitative estimate of drug-likeness (QED) is 0.466. The minimum atomic E-state index is 0.615. The fourth-order valence-corrected chi connectivity index (χ4v) is 4.14. The maximum Gasteiger partial charge on any atom is 0.0485 e. The summed E-state index contributed by atoms with van der Waals surface area (Å²) in [4.78, 5) is 2.52. The number of hydrogen-bond acceptors (Lipinski definition) is 3. The zero-order valence-electron chi connectivity index (χ0n) is 18.7. The number of hydrogen-bond donors (Lipinski definition) is 2. The second-order valence-electron chi connectivity index (χ2n) is 7.92. The number of nitrogens with two attached hydrogens (primary N) is 1. The molecular weight excluding hydrogens is 368 g/mol. The summed E-state index contributed by atoms with van der Waals surface area (Å²) < 4.78 is 2.50. The monoisotopic (exact) mass is 404 g/mol. The van der Waals surface area contributed by atoms with E-state index in [1.165, 1.54) is 27.7 Å².